The molecule has 2 aromatic rings. The maximum atomic E-state index is 10.8. The van der Waals surface area contributed by atoms with E-state index in [0.29, 0.717) is 17.5 Å². The maximum absolute atomic E-state index is 10.8. The summed E-state index contributed by atoms with van der Waals surface area (Å²) in [5.41, 5.74) is 2.16. The number of benzene rings is 2. The van der Waals surface area contributed by atoms with E-state index in [2.05, 4.69) is 17.4 Å². The second kappa shape index (κ2) is 10.6. The van der Waals surface area contributed by atoms with Crippen LogP contribution < -0.4 is 19.5 Å². The first-order chi connectivity index (χ1) is 13.1. The minimum absolute atomic E-state index is 0. The normalized spacial score (nSPS) is 19.6. The molecule has 28 heavy (non-hydrogen) atoms. The smallest absolute Gasteiger partial charge is 0.161 e. The van der Waals surface area contributed by atoms with Gasteiger partial charge in [0.25, 0.3) is 0 Å². The molecule has 0 radical (unpaired) electrons. The Kier molecular flexibility index (Phi) is 8.42. The fourth-order valence-corrected chi connectivity index (χ4v) is 3.73. The highest BCUT2D eigenvalue weighted by molar-refractivity contribution is 5.85. The molecule has 3 unspecified atom stereocenters. The standard InChI is InChI=1S/C22H29NO4.ClH/c1-25-18-10-5-15(6-11-18)4-8-17-9-12-19(23-17)22(24)16-7-13-20(26-2)21(14-16)27-3;/h5-7,10-11,13-14,17,19,22-24H,4,8-9,12H2,1-3H3;1H. The highest BCUT2D eigenvalue weighted by Crippen LogP contribution is 2.33. The van der Waals surface area contributed by atoms with Gasteiger partial charge in [0.1, 0.15) is 5.75 Å². The Morgan fingerprint density at radius 3 is 2.32 bits per heavy atom. The Balaban J connectivity index is 0.00000280. The molecule has 3 atom stereocenters. The summed E-state index contributed by atoms with van der Waals surface area (Å²) in [7, 11) is 4.90. The molecule has 2 N–H and O–H groups in total. The molecule has 0 aliphatic carbocycles. The first kappa shape index (κ1) is 22.3. The van der Waals surface area contributed by atoms with Crippen molar-refractivity contribution in [3.05, 3.63) is 53.6 Å². The van der Waals surface area contributed by atoms with Gasteiger partial charge in [-0.2, -0.15) is 0 Å². The third kappa shape index (κ3) is 5.31. The van der Waals surface area contributed by atoms with Gasteiger partial charge in [-0.15, -0.1) is 12.4 Å². The fourth-order valence-electron chi connectivity index (χ4n) is 3.73. The molecular weight excluding hydrogens is 378 g/mol. The van der Waals surface area contributed by atoms with E-state index in [4.69, 9.17) is 14.2 Å². The van der Waals surface area contributed by atoms with E-state index in [1.165, 1.54) is 5.56 Å². The second-order valence-electron chi connectivity index (χ2n) is 6.99. The van der Waals surface area contributed by atoms with E-state index in [1.54, 1.807) is 21.3 Å². The molecule has 1 aliphatic heterocycles. The summed E-state index contributed by atoms with van der Waals surface area (Å²) in [6.45, 7) is 0. The zero-order valence-corrected chi connectivity index (χ0v) is 17.5. The van der Waals surface area contributed by atoms with Gasteiger partial charge in [0.15, 0.2) is 11.5 Å². The number of methoxy groups -OCH3 is 3. The lowest BCUT2D eigenvalue weighted by Gasteiger charge is -2.21. The first-order valence-corrected chi connectivity index (χ1v) is 9.43. The van der Waals surface area contributed by atoms with Crippen LogP contribution in [-0.4, -0.2) is 38.5 Å². The Morgan fingerprint density at radius 2 is 1.68 bits per heavy atom. The Hall–Kier alpha value is -1.95. The van der Waals surface area contributed by atoms with E-state index in [9.17, 15) is 5.11 Å². The molecule has 1 saturated heterocycles. The van der Waals surface area contributed by atoms with Crippen LogP contribution in [0.1, 0.15) is 36.5 Å². The highest BCUT2D eigenvalue weighted by Gasteiger charge is 2.30. The lowest BCUT2D eigenvalue weighted by atomic mass is 10.00. The zero-order valence-electron chi connectivity index (χ0n) is 16.7. The first-order valence-electron chi connectivity index (χ1n) is 9.43. The van der Waals surface area contributed by atoms with Crippen molar-refractivity contribution in [2.24, 2.45) is 0 Å². The number of nitrogens with one attached hydrogen (secondary N) is 1. The van der Waals surface area contributed by atoms with Gasteiger partial charge in [-0.1, -0.05) is 18.2 Å². The molecule has 154 valence electrons. The molecule has 1 aliphatic rings. The molecule has 0 aromatic heterocycles. The zero-order chi connectivity index (χ0) is 19.2. The topological polar surface area (TPSA) is 60.0 Å². The largest absolute Gasteiger partial charge is 0.497 e. The molecule has 0 bridgehead atoms. The fraction of sp³-hybridized carbons (Fsp3) is 0.455. The van der Waals surface area contributed by atoms with Crippen LogP contribution in [0.25, 0.3) is 0 Å². The molecule has 1 fully saturated rings. The SMILES string of the molecule is COc1ccc(CCC2CCC(C(O)c3ccc(OC)c(OC)c3)N2)cc1.Cl. The van der Waals surface area contributed by atoms with Crippen molar-refractivity contribution in [2.75, 3.05) is 21.3 Å². The number of ether oxygens (including phenoxy) is 3. The Morgan fingerprint density at radius 1 is 0.964 bits per heavy atom. The third-order valence-electron chi connectivity index (χ3n) is 5.35. The van der Waals surface area contributed by atoms with E-state index in [-0.39, 0.29) is 18.4 Å². The summed E-state index contributed by atoms with van der Waals surface area (Å²) in [6.07, 6.45) is 3.55. The number of aryl methyl sites for hydroxylation is 1. The number of aliphatic hydroxyl groups is 1. The van der Waals surface area contributed by atoms with Gasteiger partial charge in [0.05, 0.1) is 27.4 Å². The average molecular weight is 408 g/mol. The predicted octanol–water partition coefficient (Wildman–Crippen LogP) is 3.92. The summed E-state index contributed by atoms with van der Waals surface area (Å²) in [6, 6.07) is 14.3. The van der Waals surface area contributed by atoms with Crippen LogP contribution >= 0.6 is 12.4 Å². The van der Waals surface area contributed by atoms with Gasteiger partial charge in [-0.3, -0.25) is 0 Å². The van der Waals surface area contributed by atoms with Crippen LogP contribution in [0.2, 0.25) is 0 Å². The molecule has 0 saturated carbocycles. The highest BCUT2D eigenvalue weighted by atomic mass is 35.5. The molecule has 5 nitrogen and oxygen atoms in total. The number of halogens is 1. The van der Waals surface area contributed by atoms with E-state index < -0.39 is 6.10 Å². The summed E-state index contributed by atoms with van der Waals surface area (Å²) in [5.74, 6) is 2.20. The molecule has 0 spiro atoms. The molecular formula is C22H30ClNO4. The van der Waals surface area contributed by atoms with Crippen molar-refractivity contribution in [1.29, 1.82) is 0 Å². The second-order valence-corrected chi connectivity index (χ2v) is 6.99. The summed E-state index contributed by atoms with van der Waals surface area (Å²) in [4.78, 5) is 0. The molecule has 3 rings (SSSR count). The van der Waals surface area contributed by atoms with Crippen LogP contribution in [0.4, 0.5) is 0 Å². The van der Waals surface area contributed by atoms with Crippen LogP contribution in [0, 0.1) is 0 Å². The minimum Gasteiger partial charge on any atom is -0.497 e. The van der Waals surface area contributed by atoms with Crippen LogP contribution in [0.3, 0.4) is 0 Å². The average Bonchev–Trinajstić information content (AvgIpc) is 3.20. The molecule has 6 heteroatoms. The van der Waals surface area contributed by atoms with Gasteiger partial charge in [-0.05, 0) is 61.1 Å². The lowest BCUT2D eigenvalue weighted by Crippen LogP contribution is -2.34. The number of aliphatic hydroxyl groups excluding tert-OH is 1. The van der Waals surface area contributed by atoms with Crippen molar-refractivity contribution in [1.82, 2.24) is 5.32 Å². The summed E-state index contributed by atoms with van der Waals surface area (Å²) < 4.78 is 15.8. The van der Waals surface area contributed by atoms with Crippen molar-refractivity contribution >= 4 is 12.4 Å². The van der Waals surface area contributed by atoms with Crippen molar-refractivity contribution in [3.63, 3.8) is 0 Å². The Labute approximate surface area is 173 Å². The van der Waals surface area contributed by atoms with Crippen LogP contribution in [-0.2, 0) is 6.42 Å². The van der Waals surface area contributed by atoms with Gasteiger partial charge >= 0.3 is 0 Å². The number of rotatable bonds is 8. The van der Waals surface area contributed by atoms with Crippen molar-refractivity contribution in [2.45, 2.75) is 43.9 Å². The number of hydrogen-bond donors (Lipinski definition) is 2. The molecule has 1 heterocycles. The van der Waals surface area contributed by atoms with E-state index in [0.717, 1.165) is 37.0 Å². The van der Waals surface area contributed by atoms with Crippen LogP contribution in [0.5, 0.6) is 17.2 Å². The minimum atomic E-state index is -0.559. The number of hydrogen-bond acceptors (Lipinski definition) is 5. The monoisotopic (exact) mass is 407 g/mol. The third-order valence-corrected chi connectivity index (χ3v) is 5.35. The van der Waals surface area contributed by atoms with Gasteiger partial charge in [0.2, 0.25) is 0 Å². The molecule has 0 amide bonds. The summed E-state index contributed by atoms with van der Waals surface area (Å²) >= 11 is 0. The van der Waals surface area contributed by atoms with E-state index >= 15 is 0 Å². The van der Waals surface area contributed by atoms with Gasteiger partial charge < -0.3 is 24.6 Å². The Bertz CT molecular complexity index is 738. The van der Waals surface area contributed by atoms with Crippen LogP contribution in [0.15, 0.2) is 42.5 Å². The lowest BCUT2D eigenvalue weighted by molar-refractivity contribution is 0.134. The van der Waals surface area contributed by atoms with Gasteiger partial charge in [0, 0.05) is 12.1 Å². The van der Waals surface area contributed by atoms with Crippen molar-refractivity contribution < 1.29 is 19.3 Å². The molecule has 2 aromatic carbocycles. The van der Waals surface area contributed by atoms with Crippen molar-refractivity contribution in [3.8, 4) is 17.2 Å². The maximum Gasteiger partial charge on any atom is 0.161 e. The van der Waals surface area contributed by atoms with E-state index in [1.807, 2.05) is 30.3 Å². The predicted molar refractivity (Wildman–Crippen MR) is 113 cm³/mol. The van der Waals surface area contributed by atoms with Gasteiger partial charge in [-0.25, -0.2) is 0 Å². The summed E-state index contributed by atoms with van der Waals surface area (Å²) in [5, 5.41) is 14.4. The quantitative estimate of drug-likeness (QED) is 0.694.